The second-order valence-corrected chi connectivity index (χ2v) is 5.08. The molecule has 0 aliphatic rings. The Bertz CT molecular complexity index is 527. The van der Waals surface area contributed by atoms with Crippen LogP contribution >= 0.6 is 11.8 Å². The van der Waals surface area contributed by atoms with Crippen molar-refractivity contribution in [1.29, 1.82) is 0 Å². The Balaban J connectivity index is 2.32. The Hall–Kier alpha value is -1.32. The first-order chi connectivity index (χ1) is 8.72. The fourth-order valence-electron chi connectivity index (χ4n) is 1.71. The van der Waals surface area contributed by atoms with Gasteiger partial charge in [-0.25, -0.2) is 4.39 Å². The molecule has 0 amide bonds. The van der Waals surface area contributed by atoms with E-state index >= 15 is 0 Å². The molecule has 0 heterocycles. The number of aliphatic hydroxyl groups is 1. The summed E-state index contributed by atoms with van der Waals surface area (Å²) in [6, 6.07) is 14.3. The maximum Gasteiger partial charge on any atom is 0.137 e. The predicted octanol–water partition coefficient (Wildman–Crippen LogP) is 4.42. The molecule has 2 aromatic rings. The summed E-state index contributed by atoms with van der Waals surface area (Å²) >= 11 is 1.35. The molecule has 0 aliphatic heterocycles. The molecule has 3 heteroatoms. The molecule has 0 spiro atoms. The van der Waals surface area contributed by atoms with E-state index in [2.05, 4.69) is 0 Å². The van der Waals surface area contributed by atoms with Gasteiger partial charge in [-0.1, -0.05) is 49.0 Å². The van der Waals surface area contributed by atoms with Crippen molar-refractivity contribution >= 4 is 11.8 Å². The van der Waals surface area contributed by atoms with Gasteiger partial charge in [0.05, 0.1) is 6.10 Å². The van der Waals surface area contributed by atoms with Gasteiger partial charge in [0.2, 0.25) is 0 Å². The van der Waals surface area contributed by atoms with Crippen molar-refractivity contribution in [2.75, 3.05) is 0 Å². The summed E-state index contributed by atoms with van der Waals surface area (Å²) in [6.45, 7) is 1.93. The van der Waals surface area contributed by atoms with Gasteiger partial charge in [0.25, 0.3) is 0 Å². The molecule has 94 valence electrons. The third-order valence-corrected chi connectivity index (χ3v) is 3.86. The van der Waals surface area contributed by atoms with Gasteiger partial charge in [0.1, 0.15) is 5.82 Å². The van der Waals surface area contributed by atoms with Crippen LogP contribution in [0, 0.1) is 5.82 Å². The van der Waals surface area contributed by atoms with Crippen LogP contribution in [-0.2, 0) is 0 Å². The summed E-state index contributed by atoms with van der Waals surface area (Å²) in [5, 5.41) is 9.95. The number of rotatable bonds is 4. The fourth-order valence-corrected chi connectivity index (χ4v) is 2.73. The van der Waals surface area contributed by atoms with Crippen molar-refractivity contribution in [2.45, 2.75) is 29.2 Å². The monoisotopic (exact) mass is 262 g/mol. The van der Waals surface area contributed by atoms with Crippen LogP contribution in [0.5, 0.6) is 0 Å². The average molecular weight is 262 g/mol. The third kappa shape index (κ3) is 2.92. The van der Waals surface area contributed by atoms with Crippen molar-refractivity contribution in [2.24, 2.45) is 0 Å². The fraction of sp³-hybridized carbons (Fsp3) is 0.200. The van der Waals surface area contributed by atoms with E-state index in [0.29, 0.717) is 11.3 Å². The van der Waals surface area contributed by atoms with Crippen LogP contribution in [-0.4, -0.2) is 5.11 Å². The van der Waals surface area contributed by atoms with Crippen LogP contribution in [0.4, 0.5) is 4.39 Å². The first-order valence-electron chi connectivity index (χ1n) is 5.91. The van der Waals surface area contributed by atoms with Crippen molar-refractivity contribution in [3.8, 4) is 0 Å². The lowest BCUT2D eigenvalue weighted by atomic mass is 10.1. The minimum Gasteiger partial charge on any atom is -0.388 e. The molecule has 2 aromatic carbocycles. The van der Waals surface area contributed by atoms with E-state index in [1.807, 2.05) is 37.3 Å². The largest absolute Gasteiger partial charge is 0.388 e. The quantitative estimate of drug-likeness (QED) is 0.880. The van der Waals surface area contributed by atoms with E-state index in [1.165, 1.54) is 17.8 Å². The SMILES string of the molecule is CC[C@H](O)c1ccccc1Sc1ccccc1F. The summed E-state index contributed by atoms with van der Waals surface area (Å²) in [5.74, 6) is -0.233. The number of hydrogen-bond acceptors (Lipinski definition) is 2. The highest BCUT2D eigenvalue weighted by atomic mass is 32.2. The van der Waals surface area contributed by atoms with Gasteiger partial charge >= 0.3 is 0 Å². The Kier molecular flexibility index (Phi) is 4.39. The molecule has 0 bridgehead atoms. The lowest BCUT2D eigenvalue weighted by Crippen LogP contribution is -1.97. The first-order valence-corrected chi connectivity index (χ1v) is 6.73. The van der Waals surface area contributed by atoms with E-state index in [-0.39, 0.29) is 5.82 Å². The van der Waals surface area contributed by atoms with Gasteiger partial charge in [0, 0.05) is 9.79 Å². The average Bonchev–Trinajstić information content (AvgIpc) is 2.41. The Morgan fingerprint density at radius 3 is 2.33 bits per heavy atom. The highest BCUT2D eigenvalue weighted by Gasteiger charge is 2.12. The molecule has 1 N–H and O–H groups in total. The number of halogens is 1. The molecular weight excluding hydrogens is 247 g/mol. The van der Waals surface area contributed by atoms with Crippen LogP contribution in [0.1, 0.15) is 25.0 Å². The molecule has 0 fully saturated rings. The normalized spacial score (nSPS) is 12.4. The number of aliphatic hydroxyl groups excluding tert-OH is 1. The zero-order valence-electron chi connectivity index (χ0n) is 10.1. The van der Waals surface area contributed by atoms with Crippen LogP contribution in [0.2, 0.25) is 0 Å². The van der Waals surface area contributed by atoms with Gasteiger partial charge in [-0.15, -0.1) is 0 Å². The molecule has 18 heavy (non-hydrogen) atoms. The zero-order valence-corrected chi connectivity index (χ0v) is 11.0. The number of benzene rings is 2. The maximum absolute atomic E-state index is 13.6. The second-order valence-electron chi connectivity index (χ2n) is 3.99. The second kappa shape index (κ2) is 6.03. The highest BCUT2D eigenvalue weighted by molar-refractivity contribution is 7.99. The van der Waals surface area contributed by atoms with Gasteiger partial charge in [0.15, 0.2) is 0 Å². The highest BCUT2D eigenvalue weighted by Crippen LogP contribution is 2.35. The van der Waals surface area contributed by atoms with E-state index < -0.39 is 6.10 Å². The zero-order chi connectivity index (χ0) is 13.0. The third-order valence-electron chi connectivity index (χ3n) is 2.72. The predicted molar refractivity (Wildman–Crippen MR) is 72.2 cm³/mol. The standard InChI is InChI=1S/C15H15FOS/c1-2-13(17)11-7-3-5-9-14(11)18-15-10-6-4-8-12(15)16/h3-10,13,17H,2H2,1H3/t13-/m0/s1. The van der Waals surface area contributed by atoms with Crippen LogP contribution in [0.3, 0.4) is 0 Å². The van der Waals surface area contributed by atoms with E-state index in [0.717, 1.165) is 10.5 Å². The summed E-state index contributed by atoms with van der Waals surface area (Å²) in [4.78, 5) is 1.48. The van der Waals surface area contributed by atoms with E-state index in [4.69, 9.17) is 0 Å². The number of hydrogen-bond donors (Lipinski definition) is 1. The Labute approximate surface area is 111 Å². The first kappa shape index (κ1) is 13.1. The van der Waals surface area contributed by atoms with E-state index in [9.17, 15) is 9.50 Å². The lowest BCUT2D eigenvalue weighted by Gasteiger charge is -2.13. The van der Waals surface area contributed by atoms with Gasteiger partial charge in [-0.05, 0) is 30.2 Å². The minimum atomic E-state index is -0.500. The molecular formula is C15H15FOS. The Morgan fingerprint density at radius 1 is 1.06 bits per heavy atom. The minimum absolute atomic E-state index is 0.233. The van der Waals surface area contributed by atoms with Crippen LogP contribution < -0.4 is 0 Å². The molecule has 2 rings (SSSR count). The molecule has 0 saturated carbocycles. The maximum atomic E-state index is 13.6. The smallest absolute Gasteiger partial charge is 0.137 e. The molecule has 0 saturated heterocycles. The van der Waals surface area contributed by atoms with Crippen molar-refractivity contribution < 1.29 is 9.50 Å². The Morgan fingerprint density at radius 2 is 1.67 bits per heavy atom. The van der Waals surface area contributed by atoms with Gasteiger partial charge in [-0.2, -0.15) is 0 Å². The van der Waals surface area contributed by atoms with Crippen molar-refractivity contribution in [3.05, 3.63) is 59.9 Å². The van der Waals surface area contributed by atoms with Gasteiger partial charge < -0.3 is 5.11 Å². The lowest BCUT2D eigenvalue weighted by molar-refractivity contribution is 0.171. The van der Waals surface area contributed by atoms with Gasteiger partial charge in [-0.3, -0.25) is 0 Å². The van der Waals surface area contributed by atoms with Crippen molar-refractivity contribution in [1.82, 2.24) is 0 Å². The molecule has 1 nitrogen and oxygen atoms in total. The molecule has 0 unspecified atom stereocenters. The molecule has 1 atom stereocenters. The summed E-state index contributed by atoms with van der Waals surface area (Å²) < 4.78 is 13.6. The molecule has 0 radical (unpaired) electrons. The summed E-state index contributed by atoms with van der Waals surface area (Å²) in [6.07, 6.45) is 0.148. The summed E-state index contributed by atoms with van der Waals surface area (Å²) in [5.41, 5.74) is 0.855. The molecule has 0 aliphatic carbocycles. The van der Waals surface area contributed by atoms with E-state index in [1.54, 1.807) is 12.1 Å². The summed E-state index contributed by atoms with van der Waals surface area (Å²) in [7, 11) is 0. The molecule has 0 aromatic heterocycles. The topological polar surface area (TPSA) is 20.2 Å². The van der Waals surface area contributed by atoms with Crippen LogP contribution in [0.25, 0.3) is 0 Å². The van der Waals surface area contributed by atoms with Crippen LogP contribution in [0.15, 0.2) is 58.3 Å². The van der Waals surface area contributed by atoms with Crippen molar-refractivity contribution in [3.63, 3.8) is 0 Å².